The fourth-order valence-corrected chi connectivity index (χ4v) is 5.42. The summed E-state index contributed by atoms with van der Waals surface area (Å²) in [4.78, 5) is 22.0. The average molecular weight is 655 g/mol. The van der Waals surface area contributed by atoms with Crippen molar-refractivity contribution in [3.8, 4) is 0 Å². The summed E-state index contributed by atoms with van der Waals surface area (Å²) in [6.45, 7) is -0.177. The van der Waals surface area contributed by atoms with E-state index in [1.54, 1.807) is 0 Å². The van der Waals surface area contributed by atoms with Crippen LogP contribution in [0, 0.1) is 0 Å². The molecule has 2 aliphatic rings. The lowest BCUT2D eigenvalue weighted by atomic mass is 9.97. The van der Waals surface area contributed by atoms with Gasteiger partial charge in [0, 0.05) is 13.3 Å². The van der Waals surface area contributed by atoms with Gasteiger partial charge >= 0.3 is 11.9 Å². The average Bonchev–Trinajstić information content (AvgIpc) is 3.00. The third-order valence-corrected chi connectivity index (χ3v) is 8.11. The zero-order valence-corrected chi connectivity index (χ0v) is 26.1. The number of aliphatic hydroxyl groups is 7. The number of aliphatic carboxylic acids is 1. The summed E-state index contributed by atoms with van der Waals surface area (Å²) >= 11 is 0. The Morgan fingerprint density at radius 2 is 1.24 bits per heavy atom. The predicted molar refractivity (Wildman–Crippen MR) is 156 cm³/mol. The molecule has 2 saturated heterocycles. The summed E-state index contributed by atoms with van der Waals surface area (Å²) in [6, 6.07) is 0. The van der Waals surface area contributed by atoms with E-state index in [4.69, 9.17) is 28.8 Å². The van der Waals surface area contributed by atoms with Gasteiger partial charge in [-0.1, -0.05) is 64.2 Å². The van der Waals surface area contributed by atoms with Crippen molar-refractivity contribution in [2.45, 2.75) is 158 Å². The van der Waals surface area contributed by atoms with Gasteiger partial charge in [0.1, 0.15) is 55.4 Å². The van der Waals surface area contributed by atoms with Gasteiger partial charge in [-0.05, 0) is 12.8 Å². The van der Waals surface area contributed by atoms with Gasteiger partial charge in [0.05, 0.1) is 19.3 Å². The minimum absolute atomic E-state index is 0.195. The van der Waals surface area contributed by atoms with E-state index in [0.717, 1.165) is 77.6 Å². The lowest BCUT2D eigenvalue weighted by Gasteiger charge is -2.46. The van der Waals surface area contributed by atoms with Crippen LogP contribution in [0.4, 0.5) is 0 Å². The first-order valence-electron chi connectivity index (χ1n) is 16.1. The van der Waals surface area contributed by atoms with Crippen molar-refractivity contribution in [2.24, 2.45) is 0 Å². The van der Waals surface area contributed by atoms with E-state index in [0.29, 0.717) is 6.42 Å². The molecule has 45 heavy (non-hydrogen) atoms. The van der Waals surface area contributed by atoms with Crippen LogP contribution >= 0.6 is 0 Å². The van der Waals surface area contributed by atoms with Crippen LogP contribution in [0.1, 0.15) is 90.4 Å². The maximum absolute atomic E-state index is 11.4. The van der Waals surface area contributed by atoms with Crippen LogP contribution in [-0.2, 0) is 33.3 Å². The number of hydrogen-bond donors (Lipinski definition) is 8. The lowest BCUT2D eigenvalue weighted by molar-refractivity contribution is -0.360. The highest BCUT2D eigenvalue weighted by molar-refractivity contribution is 5.66. The van der Waals surface area contributed by atoms with Crippen molar-refractivity contribution < 1.29 is 74.1 Å². The Morgan fingerprint density at radius 3 is 1.80 bits per heavy atom. The Labute approximate surface area is 264 Å². The molecule has 2 heterocycles. The Kier molecular flexibility index (Phi) is 18.9. The summed E-state index contributed by atoms with van der Waals surface area (Å²) < 4.78 is 27.2. The summed E-state index contributed by atoms with van der Waals surface area (Å²) in [6.07, 6.45) is -4.51. The number of aliphatic hydroxyl groups excluding tert-OH is 7. The van der Waals surface area contributed by atoms with Crippen LogP contribution in [0.25, 0.3) is 0 Å². The number of esters is 1. The number of carbonyl (C=O) groups is 2. The molecule has 0 amide bonds. The van der Waals surface area contributed by atoms with Gasteiger partial charge in [-0.25, -0.2) is 0 Å². The molecule has 0 radical (unpaired) electrons. The van der Waals surface area contributed by atoms with E-state index in [2.05, 4.69) is 0 Å². The fraction of sp³-hybridized carbons (Fsp3) is 0.933. The van der Waals surface area contributed by atoms with Crippen LogP contribution in [0.3, 0.4) is 0 Å². The molecular formula is C30H54O15. The molecule has 0 aromatic heterocycles. The third-order valence-electron chi connectivity index (χ3n) is 8.11. The van der Waals surface area contributed by atoms with Gasteiger partial charge < -0.3 is 64.5 Å². The van der Waals surface area contributed by atoms with E-state index >= 15 is 0 Å². The molecule has 8 N–H and O–H groups in total. The van der Waals surface area contributed by atoms with Crippen LogP contribution in [0.5, 0.6) is 0 Å². The van der Waals surface area contributed by atoms with Gasteiger partial charge in [-0.2, -0.15) is 0 Å². The molecule has 11 atom stereocenters. The van der Waals surface area contributed by atoms with E-state index in [9.17, 15) is 45.3 Å². The monoisotopic (exact) mass is 654 g/mol. The normalized spacial score (nSPS) is 32.7. The molecule has 0 aromatic carbocycles. The molecule has 0 aliphatic carbocycles. The van der Waals surface area contributed by atoms with E-state index < -0.39 is 92.7 Å². The number of carboxylic acids is 1. The van der Waals surface area contributed by atoms with Crippen LogP contribution in [0.2, 0.25) is 0 Å². The second-order valence-electron chi connectivity index (χ2n) is 11.9. The van der Waals surface area contributed by atoms with Crippen molar-refractivity contribution >= 4 is 11.9 Å². The van der Waals surface area contributed by atoms with Crippen LogP contribution in [-0.4, -0.2) is 140 Å². The molecule has 2 aliphatic heterocycles. The highest BCUT2D eigenvalue weighted by Crippen LogP contribution is 2.30. The molecule has 0 saturated carbocycles. The quantitative estimate of drug-likeness (QED) is 0.0553. The number of hydrogen-bond acceptors (Lipinski definition) is 14. The first kappa shape index (κ1) is 39.7. The number of carbonyl (C=O) groups excluding carboxylic acids is 1. The molecule has 0 bridgehead atoms. The molecule has 11 unspecified atom stereocenters. The fourth-order valence-electron chi connectivity index (χ4n) is 5.42. The zero-order valence-electron chi connectivity index (χ0n) is 26.1. The van der Waals surface area contributed by atoms with Gasteiger partial charge in [-0.15, -0.1) is 0 Å². The summed E-state index contributed by atoms with van der Waals surface area (Å²) in [5.41, 5.74) is 0. The van der Waals surface area contributed by atoms with Gasteiger partial charge in [-0.3, -0.25) is 9.59 Å². The largest absolute Gasteiger partial charge is 0.481 e. The van der Waals surface area contributed by atoms with Crippen molar-refractivity contribution in [1.29, 1.82) is 0 Å². The molecule has 0 aromatic rings. The number of rotatable bonds is 22. The topological polar surface area (TPSA) is 242 Å². The Morgan fingerprint density at radius 1 is 0.711 bits per heavy atom. The Balaban J connectivity index is 1.72. The van der Waals surface area contributed by atoms with Crippen LogP contribution in [0.15, 0.2) is 0 Å². The Hall–Kier alpha value is -1.50. The lowest BCUT2D eigenvalue weighted by Crippen LogP contribution is -2.65. The highest BCUT2D eigenvalue weighted by atomic mass is 16.7. The minimum atomic E-state index is -1.78. The second-order valence-corrected chi connectivity index (χ2v) is 11.9. The Bertz CT molecular complexity index is 829. The standard InChI is InChI=1S/C30H54O15/c1-18(32)41-17-21-28(45-30-26(39)24(37)23(36)20(15-31)43-30)25(38)27(40)29(44-21)42-16-19(33)13-11-9-7-5-3-2-4-6-8-10-12-14-22(34)35/h19-21,23-31,33,36-40H,2-17H2,1H3,(H,34,35). The third kappa shape index (κ3) is 14.0. The van der Waals surface area contributed by atoms with Gasteiger partial charge in [0.2, 0.25) is 0 Å². The maximum Gasteiger partial charge on any atom is 0.303 e. The first-order valence-corrected chi connectivity index (χ1v) is 16.1. The molecule has 264 valence electrons. The van der Waals surface area contributed by atoms with E-state index in [1.807, 2.05) is 0 Å². The SMILES string of the molecule is CC(=O)OCC1OC(OCC(O)CCCCCCCCCCCCCC(=O)O)C(O)C(O)C1OC1OC(CO)C(O)C(O)C1O. The zero-order chi connectivity index (χ0) is 33.4. The summed E-state index contributed by atoms with van der Waals surface area (Å²) in [5.74, 6) is -1.40. The molecule has 15 heteroatoms. The second kappa shape index (κ2) is 21.4. The van der Waals surface area contributed by atoms with Gasteiger partial charge in [0.15, 0.2) is 12.6 Å². The maximum atomic E-state index is 11.4. The molecule has 2 rings (SSSR count). The number of unbranched alkanes of at least 4 members (excludes halogenated alkanes) is 10. The van der Waals surface area contributed by atoms with E-state index in [-0.39, 0.29) is 13.0 Å². The number of ether oxygens (including phenoxy) is 5. The van der Waals surface area contributed by atoms with Crippen molar-refractivity contribution in [1.82, 2.24) is 0 Å². The minimum Gasteiger partial charge on any atom is -0.481 e. The highest BCUT2D eigenvalue weighted by Gasteiger charge is 2.51. The smallest absolute Gasteiger partial charge is 0.303 e. The summed E-state index contributed by atoms with van der Waals surface area (Å²) in [7, 11) is 0. The molecule has 2 fully saturated rings. The van der Waals surface area contributed by atoms with E-state index in [1.165, 1.54) is 0 Å². The van der Waals surface area contributed by atoms with Crippen molar-refractivity contribution in [2.75, 3.05) is 19.8 Å². The van der Waals surface area contributed by atoms with Gasteiger partial charge in [0.25, 0.3) is 0 Å². The summed E-state index contributed by atoms with van der Waals surface area (Å²) in [5, 5.41) is 80.4. The molecule has 0 spiro atoms. The van der Waals surface area contributed by atoms with Crippen LogP contribution < -0.4 is 0 Å². The first-order chi connectivity index (χ1) is 21.5. The predicted octanol–water partition coefficient (Wildman–Crippen LogP) is -0.285. The van der Waals surface area contributed by atoms with Crippen molar-refractivity contribution in [3.05, 3.63) is 0 Å². The van der Waals surface area contributed by atoms with Crippen molar-refractivity contribution in [3.63, 3.8) is 0 Å². The number of carboxylic acid groups (broad SMARTS) is 1. The molecule has 15 nitrogen and oxygen atoms in total. The molecular weight excluding hydrogens is 600 g/mol.